The van der Waals surface area contributed by atoms with Crippen molar-refractivity contribution in [1.82, 2.24) is 24.7 Å². The van der Waals surface area contributed by atoms with Crippen molar-refractivity contribution in [2.75, 3.05) is 44.7 Å². The van der Waals surface area contributed by atoms with Gasteiger partial charge >= 0.3 is 6.03 Å². The standard InChI is InChI=1S/C25H36N6O3/c1-18-15-28(11-12-29(18)17-19-3-5-21(34-2)6-4-19)16-20-7-10-31-22(13-20)23(14-26-31)30-9-8-24(32)27-25(30)33/h7,10,13-14,18-19,21H,3-6,8-9,11-12,15-17H2,1-2H3,(H,27,32,33)/t18-,19-,21+/m0/s1. The molecule has 0 aromatic carbocycles. The average Bonchev–Trinajstić information content (AvgIpc) is 3.24. The molecule has 0 bridgehead atoms. The maximum absolute atomic E-state index is 12.3. The van der Waals surface area contributed by atoms with E-state index in [-0.39, 0.29) is 11.9 Å². The summed E-state index contributed by atoms with van der Waals surface area (Å²) < 4.78 is 7.33. The second-order valence-electron chi connectivity index (χ2n) is 10.1. The third-order valence-corrected chi connectivity index (χ3v) is 7.79. The molecule has 1 aliphatic carbocycles. The topological polar surface area (TPSA) is 82.4 Å². The fourth-order valence-electron chi connectivity index (χ4n) is 5.74. The number of methoxy groups -OCH3 is 1. The van der Waals surface area contributed by atoms with Crippen molar-refractivity contribution >= 4 is 23.1 Å². The van der Waals surface area contributed by atoms with Gasteiger partial charge in [-0.3, -0.25) is 24.8 Å². The monoisotopic (exact) mass is 468 g/mol. The van der Waals surface area contributed by atoms with Crippen LogP contribution in [-0.4, -0.2) is 83.3 Å². The minimum absolute atomic E-state index is 0.227. The Balaban J connectivity index is 1.20. The molecule has 9 heteroatoms. The molecule has 9 nitrogen and oxygen atoms in total. The number of amides is 3. The Bertz CT molecular complexity index is 1030. The zero-order valence-corrected chi connectivity index (χ0v) is 20.3. The number of nitrogens with zero attached hydrogens (tertiary/aromatic N) is 5. The molecule has 0 radical (unpaired) electrons. The summed E-state index contributed by atoms with van der Waals surface area (Å²) in [5.41, 5.74) is 2.84. The zero-order valence-electron chi connectivity index (χ0n) is 20.3. The van der Waals surface area contributed by atoms with E-state index < -0.39 is 0 Å². The molecule has 1 N–H and O–H groups in total. The largest absolute Gasteiger partial charge is 0.381 e. The molecule has 3 fully saturated rings. The highest BCUT2D eigenvalue weighted by molar-refractivity contribution is 6.07. The van der Waals surface area contributed by atoms with E-state index in [0.717, 1.165) is 43.3 Å². The number of ether oxygens (including phenoxy) is 1. The number of piperazine rings is 1. The van der Waals surface area contributed by atoms with Crippen molar-refractivity contribution in [3.8, 4) is 0 Å². The van der Waals surface area contributed by atoms with E-state index in [0.29, 0.717) is 25.1 Å². The maximum Gasteiger partial charge on any atom is 0.328 e. The predicted molar refractivity (Wildman–Crippen MR) is 130 cm³/mol. The fourth-order valence-corrected chi connectivity index (χ4v) is 5.74. The molecule has 1 saturated carbocycles. The van der Waals surface area contributed by atoms with Gasteiger partial charge in [0.25, 0.3) is 0 Å². The number of urea groups is 1. The van der Waals surface area contributed by atoms with E-state index in [4.69, 9.17) is 4.74 Å². The van der Waals surface area contributed by atoms with Crippen molar-refractivity contribution in [1.29, 1.82) is 0 Å². The minimum atomic E-state index is -0.378. The number of fused-ring (bicyclic) bond motifs is 1. The van der Waals surface area contributed by atoms with E-state index in [1.54, 1.807) is 15.6 Å². The molecule has 3 amide bonds. The van der Waals surface area contributed by atoms with Gasteiger partial charge in [-0.05, 0) is 56.2 Å². The number of aromatic nitrogens is 2. The molecule has 184 valence electrons. The van der Waals surface area contributed by atoms with Crippen LogP contribution in [-0.2, 0) is 16.1 Å². The number of carbonyl (C=O) groups is 2. The molecule has 2 saturated heterocycles. The summed E-state index contributed by atoms with van der Waals surface area (Å²) in [7, 11) is 1.84. The quantitative estimate of drug-likeness (QED) is 0.702. The highest BCUT2D eigenvalue weighted by Gasteiger charge is 2.29. The summed E-state index contributed by atoms with van der Waals surface area (Å²) in [5.74, 6) is 0.569. The van der Waals surface area contributed by atoms with E-state index >= 15 is 0 Å². The normalized spacial score (nSPS) is 27.4. The number of carbonyl (C=O) groups excluding carboxylic acids is 2. The lowest BCUT2D eigenvalue weighted by Gasteiger charge is -2.42. The highest BCUT2D eigenvalue weighted by atomic mass is 16.5. The Hall–Kier alpha value is -2.49. The van der Waals surface area contributed by atoms with Gasteiger partial charge in [0, 0.05) is 65.0 Å². The van der Waals surface area contributed by atoms with Crippen LogP contribution in [0.1, 0.15) is 44.6 Å². The van der Waals surface area contributed by atoms with Crippen LogP contribution in [0.4, 0.5) is 10.5 Å². The number of pyridine rings is 1. The summed E-state index contributed by atoms with van der Waals surface area (Å²) in [6.45, 7) is 8.03. The van der Waals surface area contributed by atoms with Gasteiger partial charge in [-0.25, -0.2) is 9.31 Å². The third-order valence-electron chi connectivity index (χ3n) is 7.79. The van der Waals surface area contributed by atoms with Gasteiger partial charge in [0.2, 0.25) is 5.91 Å². The predicted octanol–water partition coefficient (Wildman–Crippen LogP) is 2.49. The Labute approximate surface area is 201 Å². The number of hydrogen-bond acceptors (Lipinski definition) is 6. The lowest BCUT2D eigenvalue weighted by Crippen LogP contribution is -2.52. The Morgan fingerprint density at radius 2 is 1.97 bits per heavy atom. The number of anilines is 1. The first-order chi connectivity index (χ1) is 16.5. The van der Waals surface area contributed by atoms with Gasteiger partial charge < -0.3 is 4.74 Å². The van der Waals surface area contributed by atoms with Crippen molar-refractivity contribution < 1.29 is 14.3 Å². The first kappa shape index (κ1) is 23.3. The van der Waals surface area contributed by atoms with Gasteiger partial charge in [0.15, 0.2) is 0 Å². The highest BCUT2D eigenvalue weighted by Crippen LogP contribution is 2.28. The van der Waals surface area contributed by atoms with Crippen LogP contribution in [0.15, 0.2) is 24.5 Å². The summed E-state index contributed by atoms with van der Waals surface area (Å²) >= 11 is 0. The van der Waals surface area contributed by atoms with Gasteiger partial charge in [-0.15, -0.1) is 0 Å². The van der Waals surface area contributed by atoms with Gasteiger partial charge in [0.1, 0.15) is 0 Å². The summed E-state index contributed by atoms with van der Waals surface area (Å²) in [5, 5.41) is 6.80. The number of imide groups is 1. The maximum atomic E-state index is 12.3. The number of nitrogens with one attached hydrogen (secondary N) is 1. The van der Waals surface area contributed by atoms with E-state index in [1.807, 2.05) is 13.3 Å². The Morgan fingerprint density at radius 1 is 1.15 bits per heavy atom. The molecule has 2 aromatic heterocycles. The molecule has 1 atom stereocenters. The minimum Gasteiger partial charge on any atom is -0.381 e. The first-order valence-corrected chi connectivity index (χ1v) is 12.6. The van der Waals surface area contributed by atoms with E-state index in [9.17, 15) is 9.59 Å². The molecular formula is C25H36N6O3. The zero-order chi connectivity index (χ0) is 23.7. The second kappa shape index (κ2) is 10.0. The molecule has 0 unspecified atom stereocenters. The fraction of sp³-hybridized carbons (Fsp3) is 0.640. The molecule has 0 spiro atoms. The van der Waals surface area contributed by atoms with Crippen molar-refractivity contribution in [3.63, 3.8) is 0 Å². The smallest absolute Gasteiger partial charge is 0.328 e. The van der Waals surface area contributed by atoms with Crippen LogP contribution in [0.2, 0.25) is 0 Å². The van der Waals surface area contributed by atoms with Crippen LogP contribution in [0.3, 0.4) is 0 Å². The summed E-state index contributed by atoms with van der Waals surface area (Å²) in [6.07, 6.45) is 9.38. The first-order valence-electron chi connectivity index (χ1n) is 12.6. The van der Waals surface area contributed by atoms with E-state index in [2.05, 4.69) is 39.3 Å². The van der Waals surface area contributed by atoms with E-state index in [1.165, 1.54) is 37.8 Å². The molecule has 34 heavy (non-hydrogen) atoms. The molecule has 3 aliphatic rings. The van der Waals surface area contributed by atoms with Crippen LogP contribution < -0.4 is 10.2 Å². The third kappa shape index (κ3) is 4.96. The van der Waals surface area contributed by atoms with Crippen LogP contribution in [0.5, 0.6) is 0 Å². The van der Waals surface area contributed by atoms with Crippen LogP contribution in [0, 0.1) is 5.92 Å². The average molecular weight is 469 g/mol. The lowest BCUT2D eigenvalue weighted by molar-refractivity contribution is -0.120. The molecule has 2 aromatic rings. The van der Waals surface area contributed by atoms with Gasteiger partial charge in [-0.1, -0.05) is 0 Å². The number of hydrogen-bond donors (Lipinski definition) is 1. The van der Waals surface area contributed by atoms with Gasteiger partial charge in [-0.2, -0.15) is 5.10 Å². The Morgan fingerprint density at radius 3 is 2.71 bits per heavy atom. The summed E-state index contributed by atoms with van der Waals surface area (Å²) in [4.78, 5) is 30.6. The second-order valence-corrected chi connectivity index (χ2v) is 10.1. The SMILES string of the molecule is CO[C@H]1CC[C@@H](CN2CCN(Cc3ccn4ncc(N5CCC(=O)NC5=O)c4c3)C[C@@H]2C)CC1. The van der Waals surface area contributed by atoms with Crippen LogP contribution in [0.25, 0.3) is 5.52 Å². The molecule has 2 aliphatic heterocycles. The van der Waals surface area contributed by atoms with Crippen LogP contribution >= 0.6 is 0 Å². The lowest BCUT2D eigenvalue weighted by atomic mass is 9.86. The van der Waals surface area contributed by atoms with Gasteiger partial charge in [0.05, 0.1) is 23.5 Å². The molecule has 5 rings (SSSR count). The molecule has 4 heterocycles. The van der Waals surface area contributed by atoms with Crippen molar-refractivity contribution in [3.05, 3.63) is 30.1 Å². The molecular weight excluding hydrogens is 432 g/mol. The summed E-state index contributed by atoms with van der Waals surface area (Å²) in [6, 6.07) is 4.39. The Kier molecular flexibility index (Phi) is 6.85. The number of rotatable bonds is 6. The van der Waals surface area contributed by atoms with Crippen molar-refractivity contribution in [2.45, 2.75) is 57.7 Å². The van der Waals surface area contributed by atoms with Crippen molar-refractivity contribution in [2.24, 2.45) is 5.92 Å².